The van der Waals surface area contributed by atoms with Gasteiger partial charge in [-0.15, -0.1) is 0 Å². The van der Waals surface area contributed by atoms with Gasteiger partial charge in [0, 0.05) is 44.0 Å². The Morgan fingerprint density at radius 2 is 1.67 bits per heavy atom. The van der Waals surface area contributed by atoms with Gasteiger partial charge in [0.2, 0.25) is 5.91 Å². The summed E-state index contributed by atoms with van der Waals surface area (Å²) in [5.74, 6) is -3.59. The molecule has 3 heterocycles. The van der Waals surface area contributed by atoms with Gasteiger partial charge in [-0.05, 0) is 47.7 Å². The molecule has 0 spiro atoms. The van der Waals surface area contributed by atoms with E-state index in [1.165, 1.54) is 11.1 Å². The molecule has 316 valence electrons. The second-order valence-electron chi connectivity index (χ2n) is 15.4. The molecule has 1 aliphatic carbocycles. The van der Waals surface area contributed by atoms with E-state index >= 15 is 0 Å². The highest BCUT2D eigenvalue weighted by Gasteiger charge is 2.76. The van der Waals surface area contributed by atoms with Crippen molar-refractivity contribution >= 4 is 29.8 Å². The van der Waals surface area contributed by atoms with Crippen LogP contribution in [0.3, 0.4) is 0 Å². The summed E-state index contributed by atoms with van der Waals surface area (Å²) in [6.07, 6.45) is 1.41. The van der Waals surface area contributed by atoms with Gasteiger partial charge in [0.25, 0.3) is 5.91 Å². The van der Waals surface area contributed by atoms with Gasteiger partial charge in [-0.2, -0.15) is 18.2 Å². The number of carbonyl (C=O) groups is 4. The van der Waals surface area contributed by atoms with Gasteiger partial charge in [0.15, 0.2) is 18.4 Å². The molecular weight excluding hydrogens is 763 g/mol. The SMILES string of the molecule is CCCCCC1(CCCCC)O[C@@H]2[C@H](O1)[C@H]1ON(Cc3cccc(C=CC(=O)OCC(F)(F)F)c3)[C@@H]3C(=O)O[C@@H]2C[C@]13C(=O)NCc1cccc(C(=O)NCCO)c1. The molecule has 0 radical (unpaired) electrons. The van der Waals surface area contributed by atoms with Crippen LogP contribution >= 0.6 is 0 Å². The van der Waals surface area contributed by atoms with Gasteiger partial charge in [-0.25, -0.2) is 4.79 Å². The van der Waals surface area contributed by atoms with Gasteiger partial charge in [-0.1, -0.05) is 75.9 Å². The summed E-state index contributed by atoms with van der Waals surface area (Å²) in [7, 11) is 0. The molecule has 4 aliphatic rings. The van der Waals surface area contributed by atoms with Crippen LogP contribution in [-0.2, 0) is 51.3 Å². The highest BCUT2D eigenvalue weighted by Crippen LogP contribution is 2.58. The summed E-state index contributed by atoms with van der Waals surface area (Å²) in [6, 6.07) is 12.3. The number of alkyl halides is 3. The van der Waals surface area contributed by atoms with Crippen LogP contribution in [0.5, 0.6) is 0 Å². The Bertz CT molecular complexity index is 1810. The average Bonchev–Trinajstić information content (AvgIpc) is 3.76. The standard InChI is InChI=1S/C42H52F3N3O10/c1-3-5-7-17-40(18-8-6-4-2)56-33-31-23-41(39(53)47-24-28-12-10-14-30(22-28)37(51)46-19-20-49)35(38(52)55-31)48(58-36(41)34(33)57-40)25-29-13-9-11-27(21-29)15-16-32(50)54-26-42(43,44)45/h9-16,21-22,31,33-36,49H,3-8,17-20,23-26H2,1-2H3,(H,46,51)(H,47,53)/t31-,33+,34+,35-,36-,41-/m1/s1. The Balaban J connectivity index is 1.29. The number of hydroxylamine groups is 2. The maximum atomic E-state index is 14.8. The second-order valence-corrected chi connectivity index (χ2v) is 15.4. The number of esters is 2. The Morgan fingerprint density at radius 3 is 2.38 bits per heavy atom. The normalized spacial score (nSPS) is 26.0. The first-order valence-electron chi connectivity index (χ1n) is 20.1. The number of unbranched alkanes of at least 4 members (excludes halogenated alkanes) is 4. The van der Waals surface area contributed by atoms with Crippen molar-refractivity contribution in [3.05, 3.63) is 76.9 Å². The lowest BCUT2D eigenvalue weighted by atomic mass is 9.62. The number of nitrogens with one attached hydrogen (secondary N) is 2. The molecule has 4 fully saturated rings. The minimum atomic E-state index is -4.66. The zero-order chi connectivity index (χ0) is 41.5. The first-order chi connectivity index (χ1) is 27.8. The van der Waals surface area contributed by atoms with Crippen LogP contribution in [0.2, 0.25) is 0 Å². The zero-order valence-corrected chi connectivity index (χ0v) is 32.8. The number of fused-ring (bicyclic) bond motifs is 4. The van der Waals surface area contributed by atoms with E-state index in [1.807, 2.05) is 0 Å². The monoisotopic (exact) mass is 815 g/mol. The van der Waals surface area contributed by atoms with E-state index in [1.54, 1.807) is 48.5 Å². The lowest BCUT2D eigenvalue weighted by molar-refractivity contribution is -0.224. The molecular formula is C42H52F3N3O10. The molecule has 2 amide bonds. The molecule has 0 unspecified atom stereocenters. The van der Waals surface area contributed by atoms with E-state index in [2.05, 4.69) is 29.2 Å². The predicted molar refractivity (Wildman–Crippen MR) is 202 cm³/mol. The molecule has 6 atom stereocenters. The Morgan fingerprint density at radius 1 is 0.966 bits per heavy atom. The van der Waals surface area contributed by atoms with Crippen molar-refractivity contribution in [3.8, 4) is 0 Å². The van der Waals surface area contributed by atoms with Crippen molar-refractivity contribution in [2.45, 2.75) is 127 Å². The smallest absolute Gasteiger partial charge is 0.422 e. The van der Waals surface area contributed by atoms with Crippen LogP contribution < -0.4 is 10.6 Å². The molecule has 0 aromatic heterocycles. The number of carbonyl (C=O) groups excluding carboxylic acids is 4. The van der Waals surface area contributed by atoms with Gasteiger partial charge in [0.1, 0.15) is 29.8 Å². The molecule has 3 saturated heterocycles. The maximum Gasteiger partial charge on any atom is 0.422 e. The number of halogens is 3. The topological polar surface area (TPSA) is 162 Å². The average molecular weight is 816 g/mol. The Kier molecular flexibility index (Phi) is 13.9. The number of nitrogens with zero attached hydrogens (tertiary/aromatic N) is 1. The fourth-order valence-electron chi connectivity index (χ4n) is 8.48. The van der Waals surface area contributed by atoms with Crippen LogP contribution in [0.4, 0.5) is 13.2 Å². The van der Waals surface area contributed by atoms with Gasteiger partial charge in [0.05, 0.1) is 13.2 Å². The molecule has 2 bridgehead atoms. The Hall–Kier alpha value is -4.35. The minimum Gasteiger partial charge on any atom is -0.458 e. The summed E-state index contributed by atoms with van der Waals surface area (Å²) in [5, 5.41) is 16.2. The fraction of sp³-hybridized carbons (Fsp3) is 0.571. The highest BCUT2D eigenvalue weighted by molar-refractivity contribution is 5.95. The van der Waals surface area contributed by atoms with Crippen LogP contribution in [0, 0.1) is 5.41 Å². The third kappa shape index (κ3) is 9.74. The number of aliphatic hydroxyl groups excluding tert-OH is 1. The summed E-state index contributed by atoms with van der Waals surface area (Å²) >= 11 is 0. The van der Waals surface area contributed by atoms with Gasteiger partial charge < -0.3 is 34.7 Å². The van der Waals surface area contributed by atoms with E-state index in [0.29, 0.717) is 35.1 Å². The molecule has 3 N–H and O–H groups in total. The number of aliphatic hydroxyl groups is 1. The van der Waals surface area contributed by atoms with Crippen LogP contribution in [0.15, 0.2) is 54.6 Å². The number of hydrogen-bond acceptors (Lipinski definition) is 11. The van der Waals surface area contributed by atoms with E-state index in [4.69, 9.17) is 24.2 Å². The summed E-state index contributed by atoms with van der Waals surface area (Å²) < 4.78 is 61.7. The van der Waals surface area contributed by atoms with Gasteiger partial charge >= 0.3 is 18.1 Å². The minimum absolute atomic E-state index is 0.00243. The third-order valence-corrected chi connectivity index (χ3v) is 11.1. The highest BCUT2D eigenvalue weighted by atomic mass is 19.4. The third-order valence-electron chi connectivity index (χ3n) is 11.1. The number of benzene rings is 2. The fourth-order valence-corrected chi connectivity index (χ4v) is 8.48. The van der Waals surface area contributed by atoms with Crippen LogP contribution in [0.1, 0.15) is 98.7 Å². The Labute approximate surface area is 335 Å². The van der Waals surface area contributed by atoms with Crippen molar-refractivity contribution in [1.82, 2.24) is 15.7 Å². The predicted octanol–water partition coefficient (Wildman–Crippen LogP) is 5.28. The number of rotatable bonds is 19. The maximum absolute atomic E-state index is 14.8. The first-order valence-corrected chi connectivity index (χ1v) is 20.1. The van der Waals surface area contributed by atoms with Crippen LogP contribution in [0.25, 0.3) is 6.08 Å². The summed E-state index contributed by atoms with van der Waals surface area (Å²) in [4.78, 5) is 60.2. The summed E-state index contributed by atoms with van der Waals surface area (Å²) in [5.41, 5.74) is 0.599. The lowest BCUT2D eigenvalue weighted by Gasteiger charge is -2.48. The van der Waals surface area contributed by atoms with Gasteiger partial charge in [-0.3, -0.25) is 19.2 Å². The molecule has 58 heavy (non-hydrogen) atoms. The van der Waals surface area contributed by atoms with Crippen molar-refractivity contribution in [2.24, 2.45) is 5.41 Å². The van der Waals surface area contributed by atoms with E-state index in [9.17, 15) is 32.3 Å². The van der Waals surface area contributed by atoms with E-state index < -0.39 is 72.3 Å². The van der Waals surface area contributed by atoms with Crippen LogP contribution in [-0.4, -0.2) is 96.1 Å². The molecule has 2 aromatic rings. The van der Waals surface area contributed by atoms with Crippen molar-refractivity contribution < 1.29 is 61.2 Å². The molecule has 3 aliphatic heterocycles. The second kappa shape index (κ2) is 18.7. The number of amides is 2. The van der Waals surface area contributed by atoms with E-state index in [0.717, 1.165) is 44.6 Å². The lowest BCUT2D eigenvalue weighted by Crippen LogP contribution is -2.69. The number of ether oxygens (including phenoxy) is 4. The first kappa shape index (κ1) is 43.2. The molecule has 13 nitrogen and oxygen atoms in total. The van der Waals surface area contributed by atoms with E-state index in [-0.39, 0.29) is 38.6 Å². The van der Waals surface area contributed by atoms with Crippen molar-refractivity contribution in [3.63, 3.8) is 0 Å². The zero-order valence-electron chi connectivity index (χ0n) is 32.8. The molecule has 1 saturated carbocycles. The van der Waals surface area contributed by atoms with Crippen molar-refractivity contribution in [1.29, 1.82) is 0 Å². The van der Waals surface area contributed by atoms with Crippen molar-refractivity contribution in [2.75, 3.05) is 19.8 Å². The molecule has 6 rings (SSSR count). The molecule has 16 heteroatoms. The number of hydrogen-bond donors (Lipinski definition) is 3. The largest absolute Gasteiger partial charge is 0.458 e. The quantitative estimate of drug-likeness (QED) is 0.0961. The summed E-state index contributed by atoms with van der Waals surface area (Å²) in [6.45, 7) is 2.44. The molecule has 2 aromatic carbocycles.